The first-order valence-corrected chi connectivity index (χ1v) is 9.13. The molecule has 0 radical (unpaired) electrons. The topological polar surface area (TPSA) is 44.8 Å². The number of anilines is 1. The average Bonchev–Trinajstić information content (AvgIpc) is 2.64. The molecule has 3 rings (SSSR count). The van der Waals surface area contributed by atoms with Gasteiger partial charge >= 0.3 is 0 Å². The van der Waals surface area contributed by atoms with Gasteiger partial charge in [0.15, 0.2) is 0 Å². The highest BCUT2D eigenvalue weighted by atomic mass is 16.5. The number of hydrogen-bond donors (Lipinski definition) is 1. The molecule has 2 saturated heterocycles. The van der Waals surface area contributed by atoms with E-state index in [-0.39, 0.29) is 17.9 Å². The number of amides is 1. The van der Waals surface area contributed by atoms with Gasteiger partial charge < -0.3 is 15.0 Å². The first-order chi connectivity index (χ1) is 11.7. The summed E-state index contributed by atoms with van der Waals surface area (Å²) in [5.74, 6) is 0.196. The van der Waals surface area contributed by atoms with E-state index in [0.717, 1.165) is 52.2 Å². The molecule has 2 heterocycles. The molecular weight excluding hydrogens is 302 g/mol. The van der Waals surface area contributed by atoms with E-state index in [1.54, 1.807) is 0 Å². The molecule has 1 amide bonds. The second kappa shape index (κ2) is 8.49. The van der Waals surface area contributed by atoms with Crippen molar-refractivity contribution < 1.29 is 9.53 Å². The molecule has 1 aromatic carbocycles. The lowest BCUT2D eigenvalue weighted by Crippen LogP contribution is -2.51. The van der Waals surface area contributed by atoms with E-state index in [4.69, 9.17) is 4.74 Å². The number of carbonyl (C=O) groups is 1. The van der Waals surface area contributed by atoms with Crippen LogP contribution in [0.15, 0.2) is 30.3 Å². The van der Waals surface area contributed by atoms with Gasteiger partial charge in [0.2, 0.25) is 5.91 Å². The number of para-hydroxylation sites is 1. The number of piperazine rings is 1. The number of carbonyl (C=O) groups excluding carboxylic acids is 1. The normalized spacial score (nSPS) is 23.7. The highest BCUT2D eigenvalue weighted by molar-refractivity contribution is 5.79. The van der Waals surface area contributed by atoms with Gasteiger partial charge in [-0.25, -0.2) is 0 Å². The summed E-state index contributed by atoms with van der Waals surface area (Å²) in [5, 5.41) is 3.17. The minimum Gasteiger partial charge on any atom is -0.381 e. The molecule has 0 spiro atoms. The molecule has 24 heavy (non-hydrogen) atoms. The number of ether oxygens (including phenoxy) is 1. The van der Waals surface area contributed by atoms with Crippen molar-refractivity contribution in [2.75, 3.05) is 50.8 Å². The van der Waals surface area contributed by atoms with Crippen molar-refractivity contribution in [3.05, 3.63) is 30.3 Å². The summed E-state index contributed by atoms with van der Waals surface area (Å²) >= 11 is 0. The third-order valence-electron chi connectivity index (χ3n) is 4.95. The van der Waals surface area contributed by atoms with Gasteiger partial charge in [-0.1, -0.05) is 18.2 Å². The Morgan fingerprint density at radius 3 is 2.67 bits per heavy atom. The van der Waals surface area contributed by atoms with Gasteiger partial charge in [0.05, 0.1) is 12.5 Å². The van der Waals surface area contributed by atoms with Crippen molar-refractivity contribution in [3.63, 3.8) is 0 Å². The Hall–Kier alpha value is -1.59. The zero-order valence-electron chi connectivity index (χ0n) is 14.6. The maximum Gasteiger partial charge on any atom is 0.225 e. The van der Waals surface area contributed by atoms with E-state index in [1.807, 2.05) is 0 Å². The van der Waals surface area contributed by atoms with Gasteiger partial charge in [-0.05, 0) is 31.9 Å². The van der Waals surface area contributed by atoms with Crippen LogP contribution in [-0.2, 0) is 9.53 Å². The SMILES string of the molecule is C[C@@H](CN1CCN(c2ccccc2)CC1)NC(=O)[C@@H]1CCCOC1. The summed E-state index contributed by atoms with van der Waals surface area (Å²) in [6.45, 7) is 8.57. The Labute approximate surface area is 145 Å². The molecule has 132 valence electrons. The molecule has 0 aliphatic carbocycles. The number of nitrogens with zero attached hydrogens (tertiary/aromatic N) is 2. The molecule has 0 saturated carbocycles. The van der Waals surface area contributed by atoms with Crippen LogP contribution in [-0.4, -0.2) is 62.8 Å². The van der Waals surface area contributed by atoms with E-state index >= 15 is 0 Å². The maximum absolute atomic E-state index is 12.3. The highest BCUT2D eigenvalue weighted by Crippen LogP contribution is 2.16. The fourth-order valence-corrected chi connectivity index (χ4v) is 3.57. The van der Waals surface area contributed by atoms with Crippen LogP contribution in [0.3, 0.4) is 0 Å². The molecule has 1 N–H and O–H groups in total. The van der Waals surface area contributed by atoms with Crippen LogP contribution in [0.2, 0.25) is 0 Å². The molecule has 2 fully saturated rings. The Balaban J connectivity index is 1.40. The Morgan fingerprint density at radius 2 is 2.00 bits per heavy atom. The Kier molecular flexibility index (Phi) is 6.10. The van der Waals surface area contributed by atoms with Crippen LogP contribution in [0, 0.1) is 5.92 Å². The smallest absolute Gasteiger partial charge is 0.225 e. The number of benzene rings is 1. The van der Waals surface area contributed by atoms with Gasteiger partial charge in [0.25, 0.3) is 0 Å². The maximum atomic E-state index is 12.3. The molecule has 5 nitrogen and oxygen atoms in total. The van der Waals surface area contributed by atoms with Crippen molar-refractivity contribution in [3.8, 4) is 0 Å². The zero-order valence-corrected chi connectivity index (χ0v) is 14.6. The number of hydrogen-bond acceptors (Lipinski definition) is 4. The van der Waals surface area contributed by atoms with Crippen LogP contribution < -0.4 is 10.2 Å². The minimum absolute atomic E-state index is 0.0381. The van der Waals surface area contributed by atoms with Crippen LogP contribution in [0.1, 0.15) is 19.8 Å². The zero-order chi connectivity index (χ0) is 16.8. The monoisotopic (exact) mass is 331 g/mol. The van der Waals surface area contributed by atoms with Crippen molar-refractivity contribution in [1.82, 2.24) is 10.2 Å². The summed E-state index contributed by atoms with van der Waals surface area (Å²) < 4.78 is 5.41. The second-order valence-electron chi connectivity index (χ2n) is 6.95. The fraction of sp³-hybridized carbons (Fsp3) is 0.632. The summed E-state index contributed by atoms with van der Waals surface area (Å²) in [4.78, 5) is 17.1. The molecule has 2 aliphatic heterocycles. The van der Waals surface area contributed by atoms with Crippen molar-refractivity contribution in [1.29, 1.82) is 0 Å². The van der Waals surface area contributed by atoms with E-state index in [9.17, 15) is 4.79 Å². The molecule has 2 aliphatic rings. The Bertz CT molecular complexity index is 509. The van der Waals surface area contributed by atoms with Crippen molar-refractivity contribution >= 4 is 11.6 Å². The molecule has 0 unspecified atom stereocenters. The third kappa shape index (κ3) is 4.71. The summed E-state index contributed by atoms with van der Waals surface area (Å²) in [6.07, 6.45) is 1.95. The summed E-state index contributed by atoms with van der Waals surface area (Å²) in [6, 6.07) is 10.8. The lowest BCUT2D eigenvalue weighted by Gasteiger charge is -2.37. The molecule has 5 heteroatoms. The standard InChI is InChI=1S/C19H29N3O2/c1-16(20-19(23)17-6-5-13-24-15-17)14-21-9-11-22(12-10-21)18-7-3-2-4-8-18/h2-4,7-8,16-17H,5-6,9-15H2,1H3,(H,20,23)/t16-,17+/m0/s1. The Morgan fingerprint density at radius 1 is 1.25 bits per heavy atom. The van der Waals surface area contributed by atoms with Crippen molar-refractivity contribution in [2.45, 2.75) is 25.8 Å². The van der Waals surface area contributed by atoms with Crippen LogP contribution in [0.4, 0.5) is 5.69 Å². The molecular formula is C19H29N3O2. The van der Waals surface area contributed by atoms with Crippen LogP contribution in [0.25, 0.3) is 0 Å². The summed E-state index contributed by atoms with van der Waals surface area (Å²) in [5.41, 5.74) is 1.30. The lowest BCUT2D eigenvalue weighted by molar-refractivity contribution is -0.129. The largest absolute Gasteiger partial charge is 0.381 e. The van der Waals surface area contributed by atoms with Gasteiger partial charge in [0.1, 0.15) is 0 Å². The second-order valence-corrected chi connectivity index (χ2v) is 6.95. The van der Waals surface area contributed by atoms with Gasteiger partial charge in [-0.15, -0.1) is 0 Å². The predicted octanol–water partition coefficient (Wildman–Crippen LogP) is 1.74. The number of rotatable bonds is 5. The summed E-state index contributed by atoms with van der Waals surface area (Å²) in [7, 11) is 0. The predicted molar refractivity (Wildman–Crippen MR) is 96.2 cm³/mol. The van der Waals surface area contributed by atoms with Crippen molar-refractivity contribution in [2.24, 2.45) is 5.92 Å². The average molecular weight is 331 g/mol. The third-order valence-corrected chi connectivity index (χ3v) is 4.95. The van der Waals surface area contributed by atoms with E-state index < -0.39 is 0 Å². The quantitative estimate of drug-likeness (QED) is 0.893. The van der Waals surface area contributed by atoms with Gasteiger partial charge in [-0.2, -0.15) is 0 Å². The first-order valence-electron chi connectivity index (χ1n) is 9.13. The number of nitrogens with one attached hydrogen (secondary N) is 1. The first kappa shape index (κ1) is 17.2. The molecule has 0 aromatic heterocycles. The van der Waals surface area contributed by atoms with Crippen LogP contribution >= 0.6 is 0 Å². The van der Waals surface area contributed by atoms with E-state index in [1.165, 1.54) is 5.69 Å². The minimum atomic E-state index is 0.0381. The van der Waals surface area contributed by atoms with E-state index in [2.05, 4.69) is 52.4 Å². The molecule has 1 aromatic rings. The molecule has 0 bridgehead atoms. The van der Waals surface area contributed by atoms with Gasteiger partial charge in [-0.3, -0.25) is 9.69 Å². The lowest BCUT2D eigenvalue weighted by atomic mass is 10.0. The van der Waals surface area contributed by atoms with Gasteiger partial charge in [0, 0.05) is 51.1 Å². The van der Waals surface area contributed by atoms with Crippen LogP contribution in [0.5, 0.6) is 0 Å². The highest BCUT2D eigenvalue weighted by Gasteiger charge is 2.24. The fourth-order valence-electron chi connectivity index (χ4n) is 3.57. The molecule has 2 atom stereocenters. The van der Waals surface area contributed by atoms with E-state index in [0.29, 0.717) is 6.61 Å².